The van der Waals surface area contributed by atoms with Gasteiger partial charge in [-0.2, -0.15) is 0 Å². The number of hydrogen-bond acceptors (Lipinski definition) is 2. The SMILES string of the molecule is O=C1NC(Cc2ccccc2)C(=O)N1CCc1ccc2[nH]ccc2c1. The largest absolute Gasteiger partial charge is 0.361 e. The van der Waals surface area contributed by atoms with Gasteiger partial charge in [0.1, 0.15) is 6.04 Å². The van der Waals surface area contributed by atoms with Crippen molar-refractivity contribution in [3.63, 3.8) is 0 Å². The van der Waals surface area contributed by atoms with Crippen LogP contribution in [0.2, 0.25) is 0 Å². The van der Waals surface area contributed by atoms with E-state index in [1.807, 2.05) is 54.7 Å². The third-order valence-corrected chi connectivity index (χ3v) is 4.63. The van der Waals surface area contributed by atoms with Crippen LogP contribution in [0.15, 0.2) is 60.8 Å². The quantitative estimate of drug-likeness (QED) is 0.705. The summed E-state index contributed by atoms with van der Waals surface area (Å²) in [4.78, 5) is 29.2. The lowest BCUT2D eigenvalue weighted by molar-refractivity contribution is -0.127. The number of hydrogen-bond donors (Lipinski definition) is 2. The monoisotopic (exact) mass is 333 g/mol. The number of imide groups is 1. The lowest BCUT2D eigenvalue weighted by atomic mass is 10.1. The number of amides is 3. The first kappa shape index (κ1) is 15.4. The zero-order valence-corrected chi connectivity index (χ0v) is 13.7. The van der Waals surface area contributed by atoms with E-state index in [4.69, 9.17) is 0 Å². The van der Waals surface area contributed by atoms with Gasteiger partial charge in [-0.15, -0.1) is 0 Å². The van der Waals surface area contributed by atoms with Crippen LogP contribution in [0.3, 0.4) is 0 Å². The van der Waals surface area contributed by atoms with Gasteiger partial charge in [0.2, 0.25) is 0 Å². The van der Waals surface area contributed by atoms with Gasteiger partial charge < -0.3 is 10.3 Å². The molecule has 2 aromatic carbocycles. The Morgan fingerprint density at radius 2 is 1.80 bits per heavy atom. The molecule has 5 nitrogen and oxygen atoms in total. The van der Waals surface area contributed by atoms with Crippen molar-refractivity contribution < 1.29 is 9.59 Å². The normalized spacial score (nSPS) is 17.3. The van der Waals surface area contributed by atoms with Crippen LogP contribution < -0.4 is 5.32 Å². The van der Waals surface area contributed by atoms with Crippen molar-refractivity contribution in [2.75, 3.05) is 6.54 Å². The van der Waals surface area contributed by atoms with E-state index in [1.165, 1.54) is 4.90 Å². The summed E-state index contributed by atoms with van der Waals surface area (Å²) in [5.41, 5.74) is 3.24. The molecule has 0 aliphatic carbocycles. The molecule has 1 atom stereocenters. The summed E-state index contributed by atoms with van der Waals surface area (Å²) in [6.07, 6.45) is 3.08. The number of urea groups is 1. The Labute approximate surface area is 145 Å². The fraction of sp³-hybridized carbons (Fsp3) is 0.200. The Morgan fingerprint density at radius 1 is 0.960 bits per heavy atom. The second-order valence-electron chi connectivity index (χ2n) is 6.33. The van der Waals surface area contributed by atoms with E-state index in [1.54, 1.807) is 0 Å². The molecule has 0 saturated carbocycles. The van der Waals surface area contributed by atoms with E-state index in [2.05, 4.69) is 16.4 Å². The highest BCUT2D eigenvalue weighted by Crippen LogP contribution is 2.17. The number of benzene rings is 2. The van der Waals surface area contributed by atoms with Gasteiger partial charge in [-0.05, 0) is 41.1 Å². The van der Waals surface area contributed by atoms with Gasteiger partial charge in [0.15, 0.2) is 0 Å². The number of rotatable bonds is 5. The summed E-state index contributed by atoms with van der Waals surface area (Å²) in [5.74, 6) is -0.142. The van der Waals surface area contributed by atoms with Gasteiger partial charge in [0, 0.05) is 24.7 Å². The smallest absolute Gasteiger partial charge is 0.324 e. The van der Waals surface area contributed by atoms with E-state index in [-0.39, 0.29) is 11.9 Å². The highest BCUT2D eigenvalue weighted by molar-refractivity contribution is 6.04. The topological polar surface area (TPSA) is 65.2 Å². The number of carbonyl (C=O) groups excluding carboxylic acids is 2. The Morgan fingerprint density at radius 3 is 2.64 bits per heavy atom. The van der Waals surface area contributed by atoms with Crippen LogP contribution in [-0.4, -0.2) is 34.4 Å². The zero-order valence-electron chi connectivity index (χ0n) is 13.7. The van der Waals surface area contributed by atoms with Gasteiger partial charge in [0.25, 0.3) is 5.91 Å². The molecule has 4 rings (SSSR count). The molecule has 0 bridgehead atoms. The lowest BCUT2D eigenvalue weighted by Crippen LogP contribution is -2.33. The maximum Gasteiger partial charge on any atom is 0.324 e. The fourth-order valence-corrected chi connectivity index (χ4v) is 3.28. The van der Waals surface area contributed by atoms with Crippen LogP contribution in [0.4, 0.5) is 4.79 Å². The summed E-state index contributed by atoms with van der Waals surface area (Å²) in [7, 11) is 0. The molecule has 1 fully saturated rings. The molecule has 1 aliphatic rings. The van der Waals surface area contributed by atoms with Crippen LogP contribution in [0, 0.1) is 0 Å². The highest BCUT2D eigenvalue weighted by Gasteiger charge is 2.37. The number of aromatic nitrogens is 1. The summed E-state index contributed by atoms with van der Waals surface area (Å²) in [6.45, 7) is 0.395. The van der Waals surface area contributed by atoms with Crippen molar-refractivity contribution in [3.05, 3.63) is 71.9 Å². The molecule has 2 heterocycles. The highest BCUT2D eigenvalue weighted by atomic mass is 16.2. The predicted octanol–water partition coefficient (Wildman–Crippen LogP) is 2.87. The Balaban J connectivity index is 1.41. The van der Waals surface area contributed by atoms with Crippen molar-refractivity contribution >= 4 is 22.8 Å². The second-order valence-corrected chi connectivity index (χ2v) is 6.33. The summed E-state index contributed by atoms with van der Waals surface area (Å²) >= 11 is 0. The van der Waals surface area contributed by atoms with E-state index in [0.717, 1.165) is 22.0 Å². The van der Waals surface area contributed by atoms with Crippen molar-refractivity contribution in [2.24, 2.45) is 0 Å². The molecule has 126 valence electrons. The molecule has 25 heavy (non-hydrogen) atoms. The van der Waals surface area contributed by atoms with Crippen LogP contribution in [0.5, 0.6) is 0 Å². The predicted molar refractivity (Wildman–Crippen MR) is 96.2 cm³/mol. The van der Waals surface area contributed by atoms with Gasteiger partial charge in [-0.25, -0.2) is 4.79 Å². The fourth-order valence-electron chi connectivity index (χ4n) is 3.28. The van der Waals surface area contributed by atoms with Gasteiger partial charge in [-0.1, -0.05) is 36.4 Å². The molecule has 1 aromatic heterocycles. The number of H-pyrrole nitrogens is 1. The molecule has 5 heteroatoms. The van der Waals surface area contributed by atoms with Crippen LogP contribution in [0.1, 0.15) is 11.1 Å². The Kier molecular flexibility index (Phi) is 3.98. The number of carbonyl (C=O) groups is 2. The standard InChI is InChI=1S/C20H19N3O2/c24-19-18(13-14-4-2-1-3-5-14)22-20(25)23(19)11-9-15-6-7-17-16(12-15)8-10-21-17/h1-8,10,12,18,21H,9,11,13H2,(H,22,25). The molecule has 3 aromatic rings. The minimum atomic E-state index is -0.470. The molecule has 1 aliphatic heterocycles. The number of nitrogens with one attached hydrogen (secondary N) is 2. The second kappa shape index (κ2) is 6.43. The molecule has 0 spiro atoms. The molecule has 1 saturated heterocycles. The van der Waals surface area contributed by atoms with E-state index >= 15 is 0 Å². The van der Waals surface area contributed by atoms with E-state index in [9.17, 15) is 9.59 Å². The average Bonchev–Trinajstić information content (AvgIpc) is 3.19. The van der Waals surface area contributed by atoms with Gasteiger partial charge in [-0.3, -0.25) is 9.69 Å². The number of aromatic amines is 1. The molecular weight excluding hydrogens is 314 g/mol. The van der Waals surface area contributed by atoms with Crippen LogP contribution in [0.25, 0.3) is 10.9 Å². The molecular formula is C20H19N3O2. The zero-order chi connectivity index (χ0) is 17.2. The minimum absolute atomic E-state index is 0.142. The molecule has 1 unspecified atom stereocenters. The van der Waals surface area contributed by atoms with Gasteiger partial charge in [0.05, 0.1) is 0 Å². The maximum atomic E-state index is 12.6. The number of nitrogens with zero attached hydrogens (tertiary/aromatic N) is 1. The Bertz CT molecular complexity index is 917. The lowest BCUT2D eigenvalue weighted by Gasteiger charge is -2.13. The third kappa shape index (κ3) is 3.13. The number of fused-ring (bicyclic) bond motifs is 1. The van der Waals surface area contributed by atoms with Crippen molar-refractivity contribution in [1.29, 1.82) is 0 Å². The van der Waals surface area contributed by atoms with Crippen molar-refractivity contribution in [2.45, 2.75) is 18.9 Å². The molecule has 3 amide bonds. The first-order valence-corrected chi connectivity index (χ1v) is 8.42. The van der Waals surface area contributed by atoms with Crippen molar-refractivity contribution in [3.8, 4) is 0 Å². The van der Waals surface area contributed by atoms with Crippen LogP contribution >= 0.6 is 0 Å². The first-order chi connectivity index (χ1) is 12.2. The minimum Gasteiger partial charge on any atom is -0.361 e. The summed E-state index contributed by atoms with van der Waals surface area (Å²) in [5, 5.41) is 3.93. The summed E-state index contributed by atoms with van der Waals surface area (Å²) < 4.78 is 0. The van der Waals surface area contributed by atoms with E-state index < -0.39 is 6.04 Å². The van der Waals surface area contributed by atoms with E-state index in [0.29, 0.717) is 19.4 Å². The summed E-state index contributed by atoms with van der Waals surface area (Å²) in [6, 6.07) is 17.1. The van der Waals surface area contributed by atoms with Gasteiger partial charge >= 0.3 is 6.03 Å². The molecule has 0 radical (unpaired) electrons. The molecule has 2 N–H and O–H groups in total. The average molecular weight is 333 g/mol. The third-order valence-electron chi connectivity index (χ3n) is 4.63. The van der Waals surface area contributed by atoms with Crippen molar-refractivity contribution in [1.82, 2.24) is 15.2 Å². The maximum absolute atomic E-state index is 12.6. The Hall–Kier alpha value is -3.08. The first-order valence-electron chi connectivity index (χ1n) is 8.42. The van der Waals surface area contributed by atoms with Crippen LogP contribution in [-0.2, 0) is 17.6 Å².